The summed E-state index contributed by atoms with van der Waals surface area (Å²) in [6.45, 7) is 1.37. The van der Waals surface area contributed by atoms with Crippen molar-refractivity contribution in [3.05, 3.63) is 15.6 Å². The topological polar surface area (TPSA) is 52.8 Å². The number of alkyl halides is 3. The predicted octanol–water partition coefficient (Wildman–Crippen LogP) is 3.32. The van der Waals surface area contributed by atoms with Gasteiger partial charge in [-0.15, -0.1) is 0 Å². The van der Waals surface area contributed by atoms with Crippen LogP contribution in [0.25, 0.3) is 0 Å². The molecule has 0 bridgehead atoms. The first-order valence-electron chi connectivity index (χ1n) is 6.62. The third-order valence-electron chi connectivity index (χ3n) is 3.43. The number of anilines is 1. The van der Waals surface area contributed by atoms with Crippen molar-refractivity contribution in [3.8, 4) is 6.07 Å². The van der Waals surface area contributed by atoms with E-state index in [2.05, 4.69) is 16.0 Å². The van der Waals surface area contributed by atoms with Crippen molar-refractivity contribution in [3.63, 3.8) is 0 Å². The van der Waals surface area contributed by atoms with Gasteiger partial charge in [-0.05, 0) is 35.4 Å². The molecule has 1 aliphatic heterocycles. The van der Waals surface area contributed by atoms with Gasteiger partial charge in [-0.3, -0.25) is 0 Å². The van der Waals surface area contributed by atoms with Crippen molar-refractivity contribution in [2.45, 2.75) is 31.9 Å². The molecule has 8 heteroatoms. The fourth-order valence-electron chi connectivity index (χ4n) is 2.21. The molecule has 2 rings (SSSR count). The molecule has 0 saturated carbocycles. The fraction of sp³-hybridized carbons (Fsp3) is 0.615. The first-order valence-corrected chi connectivity index (χ1v) is 7.69. The van der Waals surface area contributed by atoms with E-state index in [1.807, 2.05) is 27.5 Å². The van der Waals surface area contributed by atoms with Gasteiger partial charge in [0.2, 0.25) is 0 Å². The van der Waals surface area contributed by atoms with Gasteiger partial charge < -0.3 is 4.90 Å². The lowest BCUT2D eigenvalue weighted by molar-refractivity contribution is -0.134. The minimum atomic E-state index is -4.19. The molecule has 0 aliphatic carbocycles. The minimum absolute atomic E-state index is 0.0581. The van der Waals surface area contributed by atoms with Crippen LogP contribution in [-0.2, 0) is 6.42 Å². The fourth-order valence-corrected chi connectivity index (χ4v) is 2.74. The minimum Gasteiger partial charge on any atom is -0.355 e. The van der Waals surface area contributed by atoms with Gasteiger partial charge in [-0.2, -0.15) is 18.4 Å². The summed E-state index contributed by atoms with van der Waals surface area (Å²) in [5.41, 5.74) is 0.382. The Labute approximate surface area is 134 Å². The van der Waals surface area contributed by atoms with Gasteiger partial charge in [0.05, 0.1) is 18.0 Å². The van der Waals surface area contributed by atoms with Crippen LogP contribution in [0.5, 0.6) is 0 Å². The molecular weight excluding hydrogens is 396 g/mol. The number of piperidine rings is 1. The molecule has 0 spiro atoms. The summed E-state index contributed by atoms with van der Waals surface area (Å²) in [5.74, 6) is 0.659. The van der Waals surface area contributed by atoms with Gasteiger partial charge in [0.15, 0.2) is 0 Å². The molecule has 1 saturated heterocycles. The van der Waals surface area contributed by atoms with Crippen LogP contribution >= 0.6 is 22.6 Å². The van der Waals surface area contributed by atoms with Crippen LogP contribution in [0.15, 0.2) is 6.20 Å². The SMILES string of the molecule is N#CC1CCN(c2cnc(I)c(CCC(F)(F)F)n2)CC1. The van der Waals surface area contributed by atoms with Gasteiger partial charge in [-0.1, -0.05) is 0 Å². The van der Waals surface area contributed by atoms with Gasteiger partial charge in [0.1, 0.15) is 9.52 Å². The summed E-state index contributed by atoms with van der Waals surface area (Å²) in [4.78, 5) is 10.4. The van der Waals surface area contributed by atoms with Crippen LogP contribution in [0, 0.1) is 20.9 Å². The third-order valence-corrected chi connectivity index (χ3v) is 4.33. The largest absolute Gasteiger partial charge is 0.389 e. The maximum Gasteiger partial charge on any atom is 0.389 e. The molecule has 0 unspecified atom stereocenters. The Bertz CT molecular complexity index is 533. The number of halogens is 4. The van der Waals surface area contributed by atoms with Crippen LogP contribution in [0.4, 0.5) is 19.0 Å². The molecule has 0 aromatic carbocycles. The molecule has 4 nitrogen and oxygen atoms in total. The van der Waals surface area contributed by atoms with Crippen molar-refractivity contribution in [2.24, 2.45) is 5.92 Å². The van der Waals surface area contributed by atoms with E-state index in [1.54, 1.807) is 6.20 Å². The van der Waals surface area contributed by atoms with E-state index in [-0.39, 0.29) is 12.3 Å². The molecular formula is C13H14F3IN4. The van der Waals surface area contributed by atoms with Gasteiger partial charge in [0, 0.05) is 31.8 Å². The summed E-state index contributed by atoms with van der Waals surface area (Å²) >= 11 is 1.91. The monoisotopic (exact) mass is 410 g/mol. The second-order valence-corrected chi connectivity index (χ2v) is 5.99. The number of nitrogens with zero attached hydrogens (tertiary/aromatic N) is 4. The highest BCUT2D eigenvalue weighted by Gasteiger charge is 2.28. The third kappa shape index (κ3) is 4.69. The second-order valence-electron chi connectivity index (χ2n) is 4.97. The van der Waals surface area contributed by atoms with Gasteiger partial charge in [-0.25, -0.2) is 9.97 Å². The first-order chi connectivity index (χ1) is 9.89. The lowest BCUT2D eigenvalue weighted by Gasteiger charge is -2.30. The summed E-state index contributed by atoms with van der Waals surface area (Å²) in [5, 5.41) is 8.87. The van der Waals surface area contributed by atoms with E-state index in [4.69, 9.17) is 5.26 Å². The zero-order valence-electron chi connectivity index (χ0n) is 11.2. The smallest absolute Gasteiger partial charge is 0.355 e. The van der Waals surface area contributed by atoms with Gasteiger partial charge >= 0.3 is 6.18 Å². The van der Waals surface area contributed by atoms with Gasteiger partial charge in [0.25, 0.3) is 0 Å². The van der Waals surface area contributed by atoms with Crippen LogP contribution in [0.2, 0.25) is 0 Å². The standard InChI is InChI=1S/C13H14F3IN4/c14-13(15,16)4-1-10-12(17)19-8-11(20-10)21-5-2-9(7-18)3-6-21/h8-9H,1-6H2. The van der Waals surface area contributed by atoms with Crippen LogP contribution < -0.4 is 4.90 Å². The first kappa shape index (κ1) is 16.3. The summed E-state index contributed by atoms with van der Waals surface area (Å²) < 4.78 is 37.5. The molecule has 1 aliphatic rings. The lowest BCUT2D eigenvalue weighted by Crippen LogP contribution is -2.34. The molecule has 21 heavy (non-hydrogen) atoms. The molecule has 0 N–H and O–H groups in total. The van der Waals surface area contributed by atoms with Crippen LogP contribution in [0.3, 0.4) is 0 Å². The van der Waals surface area contributed by atoms with Crippen molar-refractivity contribution >= 4 is 28.4 Å². The van der Waals surface area contributed by atoms with E-state index >= 15 is 0 Å². The van der Waals surface area contributed by atoms with Crippen LogP contribution in [0.1, 0.15) is 25.0 Å². The number of aryl methyl sites for hydroxylation is 1. The number of aromatic nitrogens is 2. The molecule has 1 aromatic rings. The summed E-state index contributed by atoms with van der Waals surface area (Å²) in [6, 6.07) is 2.24. The van der Waals surface area contributed by atoms with Crippen molar-refractivity contribution < 1.29 is 13.2 Å². The molecule has 0 radical (unpaired) electrons. The summed E-state index contributed by atoms with van der Waals surface area (Å²) in [6.07, 6.45) is -2.14. The number of hydrogen-bond donors (Lipinski definition) is 0. The zero-order chi connectivity index (χ0) is 15.5. The average molecular weight is 410 g/mol. The maximum atomic E-state index is 12.3. The molecule has 0 atom stereocenters. The number of rotatable bonds is 3. The maximum absolute atomic E-state index is 12.3. The van der Waals surface area contributed by atoms with E-state index < -0.39 is 12.6 Å². The predicted molar refractivity (Wildman–Crippen MR) is 79.7 cm³/mol. The normalized spacial score (nSPS) is 16.8. The lowest BCUT2D eigenvalue weighted by atomic mass is 9.99. The van der Waals surface area contributed by atoms with E-state index in [1.165, 1.54) is 0 Å². The molecule has 1 fully saturated rings. The highest BCUT2D eigenvalue weighted by molar-refractivity contribution is 14.1. The highest BCUT2D eigenvalue weighted by Crippen LogP contribution is 2.25. The highest BCUT2D eigenvalue weighted by atomic mass is 127. The number of nitriles is 1. The summed E-state index contributed by atoms with van der Waals surface area (Å²) in [7, 11) is 0. The molecule has 1 aromatic heterocycles. The van der Waals surface area contributed by atoms with E-state index in [0.29, 0.717) is 28.3 Å². The number of hydrogen-bond acceptors (Lipinski definition) is 4. The Morgan fingerprint density at radius 3 is 2.62 bits per heavy atom. The Hall–Kier alpha value is -1.11. The Morgan fingerprint density at radius 1 is 1.38 bits per heavy atom. The van der Waals surface area contributed by atoms with E-state index in [0.717, 1.165) is 12.8 Å². The molecule has 114 valence electrons. The second kappa shape index (κ2) is 6.77. The van der Waals surface area contributed by atoms with Crippen molar-refractivity contribution in [1.29, 1.82) is 5.26 Å². The zero-order valence-corrected chi connectivity index (χ0v) is 13.4. The van der Waals surface area contributed by atoms with Crippen molar-refractivity contribution in [1.82, 2.24) is 9.97 Å². The molecule has 2 heterocycles. The van der Waals surface area contributed by atoms with Crippen molar-refractivity contribution in [2.75, 3.05) is 18.0 Å². The Balaban J connectivity index is 2.06. The Morgan fingerprint density at radius 2 is 2.05 bits per heavy atom. The van der Waals surface area contributed by atoms with E-state index in [9.17, 15) is 13.2 Å². The van der Waals surface area contributed by atoms with Crippen LogP contribution in [-0.4, -0.2) is 29.2 Å². The quantitative estimate of drug-likeness (QED) is 0.718. The Kier molecular flexibility index (Phi) is 5.24. The molecule has 0 amide bonds. The average Bonchev–Trinajstić information content (AvgIpc) is 2.46.